The number of thiazole rings is 1. The number of aromatic nitrogens is 1. The standard InChI is InChI=1S/C12H19ClN2O2S3/c1-3-10(12-14-9(6-13)7-19-12)15-4-5-18-8-11(15)20(2,16)17/h7,10-11H,3-6,8H2,1-2H3. The van der Waals surface area contributed by atoms with Gasteiger partial charge in [0, 0.05) is 29.7 Å². The van der Waals surface area contributed by atoms with E-state index in [0.717, 1.165) is 29.4 Å². The van der Waals surface area contributed by atoms with E-state index < -0.39 is 15.2 Å². The van der Waals surface area contributed by atoms with Gasteiger partial charge in [0.05, 0.1) is 17.6 Å². The van der Waals surface area contributed by atoms with Crippen molar-refractivity contribution in [3.8, 4) is 0 Å². The molecule has 1 saturated heterocycles. The summed E-state index contributed by atoms with van der Waals surface area (Å²) in [6, 6.07) is 0.0672. The second-order valence-electron chi connectivity index (χ2n) is 4.83. The van der Waals surface area contributed by atoms with E-state index in [0.29, 0.717) is 11.6 Å². The second-order valence-corrected chi connectivity index (χ2v) is 9.34. The van der Waals surface area contributed by atoms with Crippen molar-refractivity contribution in [2.24, 2.45) is 0 Å². The van der Waals surface area contributed by atoms with Crippen LogP contribution in [-0.4, -0.2) is 48.0 Å². The highest BCUT2D eigenvalue weighted by Gasteiger charge is 2.36. The predicted molar refractivity (Wildman–Crippen MR) is 87.4 cm³/mol. The molecule has 8 heteroatoms. The topological polar surface area (TPSA) is 50.3 Å². The third kappa shape index (κ3) is 3.68. The Hall–Kier alpha value is 0.180. The van der Waals surface area contributed by atoms with Gasteiger partial charge in [-0.05, 0) is 6.42 Å². The molecule has 2 heterocycles. The number of sulfone groups is 1. The van der Waals surface area contributed by atoms with Crippen molar-refractivity contribution in [1.82, 2.24) is 9.88 Å². The van der Waals surface area contributed by atoms with Crippen LogP contribution in [0.1, 0.15) is 30.1 Å². The number of hydrogen-bond acceptors (Lipinski definition) is 6. The minimum absolute atomic E-state index is 0.0672. The summed E-state index contributed by atoms with van der Waals surface area (Å²) in [5.74, 6) is 2.01. The average Bonchev–Trinajstić information content (AvgIpc) is 2.88. The van der Waals surface area contributed by atoms with Crippen molar-refractivity contribution < 1.29 is 8.42 Å². The molecule has 0 aliphatic carbocycles. The third-order valence-corrected chi connectivity index (χ3v) is 7.33. The van der Waals surface area contributed by atoms with Crippen LogP contribution in [0.3, 0.4) is 0 Å². The van der Waals surface area contributed by atoms with E-state index in [-0.39, 0.29) is 6.04 Å². The molecule has 2 rings (SSSR count). The highest BCUT2D eigenvalue weighted by Crippen LogP contribution is 2.33. The molecule has 20 heavy (non-hydrogen) atoms. The number of rotatable bonds is 5. The largest absolute Gasteiger partial charge is 0.276 e. The summed E-state index contributed by atoms with van der Waals surface area (Å²) in [7, 11) is -3.08. The van der Waals surface area contributed by atoms with Crippen LogP contribution in [0.5, 0.6) is 0 Å². The Balaban J connectivity index is 2.28. The van der Waals surface area contributed by atoms with Crippen LogP contribution in [0.25, 0.3) is 0 Å². The summed E-state index contributed by atoms with van der Waals surface area (Å²) >= 11 is 9.09. The van der Waals surface area contributed by atoms with Crippen molar-refractivity contribution in [2.45, 2.75) is 30.6 Å². The Morgan fingerprint density at radius 2 is 2.35 bits per heavy atom. The molecule has 1 aromatic heterocycles. The molecule has 114 valence electrons. The van der Waals surface area contributed by atoms with Crippen LogP contribution in [0.15, 0.2) is 5.38 Å². The van der Waals surface area contributed by atoms with Gasteiger partial charge in [-0.2, -0.15) is 11.8 Å². The molecule has 0 spiro atoms. The summed E-state index contributed by atoms with van der Waals surface area (Å²) in [5.41, 5.74) is 0.868. The van der Waals surface area contributed by atoms with Gasteiger partial charge in [0.15, 0.2) is 9.84 Å². The smallest absolute Gasteiger partial charge is 0.164 e. The van der Waals surface area contributed by atoms with Gasteiger partial charge >= 0.3 is 0 Å². The molecular weight excluding hydrogens is 336 g/mol. The van der Waals surface area contributed by atoms with E-state index in [9.17, 15) is 8.42 Å². The van der Waals surface area contributed by atoms with Crippen molar-refractivity contribution in [1.29, 1.82) is 0 Å². The molecule has 4 nitrogen and oxygen atoms in total. The van der Waals surface area contributed by atoms with E-state index in [2.05, 4.69) is 16.8 Å². The highest BCUT2D eigenvalue weighted by atomic mass is 35.5. The highest BCUT2D eigenvalue weighted by molar-refractivity contribution is 8.00. The second kappa shape index (κ2) is 6.96. The van der Waals surface area contributed by atoms with Gasteiger partial charge in [0.25, 0.3) is 0 Å². The molecule has 2 unspecified atom stereocenters. The Morgan fingerprint density at radius 1 is 1.60 bits per heavy atom. The maximum atomic E-state index is 12.0. The summed E-state index contributed by atoms with van der Waals surface area (Å²) in [6.45, 7) is 2.87. The van der Waals surface area contributed by atoms with E-state index in [1.807, 2.05) is 5.38 Å². The minimum atomic E-state index is -3.08. The van der Waals surface area contributed by atoms with Gasteiger partial charge in [0.1, 0.15) is 10.4 Å². The lowest BCUT2D eigenvalue weighted by Crippen LogP contribution is -2.48. The molecule has 0 amide bonds. The maximum absolute atomic E-state index is 12.0. The Morgan fingerprint density at radius 3 is 2.90 bits per heavy atom. The maximum Gasteiger partial charge on any atom is 0.164 e. The quantitative estimate of drug-likeness (QED) is 0.761. The molecule has 0 bridgehead atoms. The lowest BCUT2D eigenvalue weighted by Gasteiger charge is -2.38. The average molecular weight is 355 g/mol. The first-order valence-electron chi connectivity index (χ1n) is 6.50. The summed E-state index contributed by atoms with van der Waals surface area (Å²) < 4.78 is 24.0. The fourth-order valence-corrected chi connectivity index (χ4v) is 6.58. The number of thioether (sulfide) groups is 1. The minimum Gasteiger partial charge on any atom is -0.276 e. The zero-order valence-corrected chi connectivity index (χ0v) is 14.8. The van der Waals surface area contributed by atoms with E-state index in [1.165, 1.54) is 6.26 Å². The van der Waals surface area contributed by atoms with Crippen molar-refractivity contribution in [3.63, 3.8) is 0 Å². The molecule has 1 aliphatic rings. The first-order chi connectivity index (χ1) is 9.47. The monoisotopic (exact) mass is 354 g/mol. The SMILES string of the molecule is CCC(c1nc(CCl)cs1)N1CCSCC1S(C)(=O)=O. The predicted octanol–water partition coefficient (Wildman–Crippen LogP) is 2.75. The van der Waals surface area contributed by atoms with Gasteiger partial charge in [-0.1, -0.05) is 6.92 Å². The summed E-state index contributed by atoms with van der Waals surface area (Å²) in [6.07, 6.45) is 2.18. The molecule has 2 atom stereocenters. The Bertz CT molecular complexity index is 547. The van der Waals surface area contributed by atoms with Crippen molar-refractivity contribution in [2.75, 3.05) is 24.3 Å². The Kier molecular flexibility index (Phi) is 5.76. The molecule has 1 aromatic rings. The van der Waals surface area contributed by atoms with Gasteiger partial charge in [0.2, 0.25) is 0 Å². The first-order valence-corrected chi connectivity index (χ1v) is 11.0. The molecule has 0 aromatic carbocycles. The van der Waals surface area contributed by atoms with Gasteiger partial charge in [-0.15, -0.1) is 22.9 Å². The van der Waals surface area contributed by atoms with E-state index in [1.54, 1.807) is 23.1 Å². The number of alkyl halides is 1. The molecule has 1 aliphatic heterocycles. The summed E-state index contributed by atoms with van der Waals surface area (Å²) in [4.78, 5) is 6.63. The van der Waals surface area contributed by atoms with Crippen LogP contribution >= 0.6 is 34.7 Å². The molecular formula is C12H19ClN2O2S3. The lowest BCUT2D eigenvalue weighted by molar-refractivity contribution is 0.188. The van der Waals surface area contributed by atoms with E-state index >= 15 is 0 Å². The van der Waals surface area contributed by atoms with Crippen molar-refractivity contribution >= 4 is 44.5 Å². The lowest BCUT2D eigenvalue weighted by atomic mass is 10.2. The number of halogens is 1. The van der Waals surface area contributed by atoms with Crippen molar-refractivity contribution in [3.05, 3.63) is 16.1 Å². The van der Waals surface area contributed by atoms with Gasteiger partial charge in [-0.25, -0.2) is 13.4 Å². The van der Waals surface area contributed by atoms with Gasteiger partial charge < -0.3 is 0 Å². The fraction of sp³-hybridized carbons (Fsp3) is 0.750. The van der Waals surface area contributed by atoms with E-state index in [4.69, 9.17) is 11.6 Å². The molecule has 1 fully saturated rings. The number of hydrogen-bond donors (Lipinski definition) is 0. The molecule has 0 radical (unpaired) electrons. The molecule has 0 N–H and O–H groups in total. The zero-order valence-electron chi connectivity index (χ0n) is 11.6. The van der Waals surface area contributed by atoms with Gasteiger partial charge in [-0.3, -0.25) is 4.90 Å². The third-order valence-electron chi connectivity index (χ3n) is 3.40. The van der Waals surface area contributed by atoms with Crippen LogP contribution in [0.4, 0.5) is 0 Å². The Labute approximate surface area is 133 Å². The number of nitrogens with zero attached hydrogens (tertiary/aromatic N) is 2. The zero-order chi connectivity index (χ0) is 14.8. The van der Waals surface area contributed by atoms with Crippen LogP contribution in [-0.2, 0) is 15.7 Å². The van der Waals surface area contributed by atoms with Crippen LogP contribution in [0.2, 0.25) is 0 Å². The van der Waals surface area contributed by atoms with Crippen LogP contribution in [0, 0.1) is 0 Å². The van der Waals surface area contributed by atoms with Crippen LogP contribution < -0.4 is 0 Å². The normalized spacial score (nSPS) is 22.9. The summed E-state index contributed by atoms with van der Waals surface area (Å²) in [5, 5.41) is 2.53. The first kappa shape index (κ1) is 16.5. The molecule has 0 saturated carbocycles. The fourth-order valence-electron chi connectivity index (χ4n) is 2.41.